The smallest absolute Gasteiger partial charge is 0.239 e. The molecule has 1 heterocycles. The van der Waals surface area contributed by atoms with Crippen LogP contribution in [0.5, 0.6) is 0 Å². The number of rotatable bonds is 2. The number of amides is 1. The molecule has 0 spiro atoms. The summed E-state index contributed by atoms with van der Waals surface area (Å²) in [6.45, 7) is 6.78. The molecule has 0 aliphatic carbocycles. The second-order valence-electron chi connectivity index (χ2n) is 5.43. The molecule has 1 unspecified atom stereocenters. The third kappa shape index (κ3) is 2.15. The van der Waals surface area contributed by atoms with Crippen LogP contribution in [-0.2, 0) is 10.2 Å². The summed E-state index contributed by atoms with van der Waals surface area (Å²) < 4.78 is 0. The predicted molar refractivity (Wildman–Crippen MR) is 77.3 cm³/mol. The second kappa shape index (κ2) is 4.59. The Kier molecular flexibility index (Phi) is 3.43. The van der Waals surface area contributed by atoms with Gasteiger partial charge >= 0.3 is 0 Å². The van der Waals surface area contributed by atoms with E-state index in [4.69, 9.17) is 5.73 Å². The highest BCUT2D eigenvalue weighted by Gasteiger charge is 2.29. The highest BCUT2D eigenvalue weighted by molar-refractivity contribution is 8.00. The van der Waals surface area contributed by atoms with Crippen LogP contribution < -0.4 is 10.6 Å². The van der Waals surface area contributed by atoms with E-state index >= 15 is 0 Å². The van der Waals surface area contributed by atoms with E-state index in [1.807, 2.05) is 14.0 Å². The maximum atomic E-state index is 12.0. The number of hydrogen-bond acceptors (Lipinski definition) is 3. The lowest BCUT2D eigenvalue weighted by molar-refractivity contribution is -0.117. The van der Waals surface area contributed by atoms with Crippen LogP contribution in [0, 0.1) is 0 Å². The van der Waals surface area contributed by atoms with Gasteiger partial charge in [0, 0.05) is 23.9 Å². The van der Waals surface area contributed by atoms with Crippen molar-refractivity contribution in [2.75, 3.05) is 18.5 Å². The number of hydrogen-bond donors (Lipinski definition) is 1. The van der Waals surface area contributed by atoms with Crippen molar-refractivity contribution in [1.82, 2.24) is 0 Å². The van der Waals surface area contributed by atoms with Gasteiger partial charge < -0.3 is 10.6 Å². The van der Waals surface area contributed by atoms with Gasteiger partial charge in [-0.3, -0.25) is 4.79 Å². The van der Waals surface area contributed by atoms with Crippen LogP contribution in [0.4, 0.5) is 5.69 Å². The maximum absolute atomic E-state index is 12.0. The number of nitrogens with two attached hydrogens (primary N) is 1. The van der Waals surface area contributed by atoms with E-state index < -0.39 is 0 Å². The zero-order chi connectivity index (χ0) is 13.5. The van der Waals surface area contributed by atoms with Crippen LogP contribution in [0.15, 0.2) is 23.1 Å². The Labute approximate surface area is 113 Å². The molecule has 2 N–H and O–H groups in total. The number of benzene rings is 1. The average molecular weight is 264 g/mol. The molecule has 0 fully saturated rings. The highest BCUT2D eigenvalue weighted by Crippen LogP contribution is 2.40. The van der Waals surface area contributed by atoms with Crippen molar-refractivity contribution in [3.63, 3.8) is 0 Å². The summed E-state index contributed by atoms with van der Waals surface area (Å²) in [7, 11) is 1.84. The first-order valence-electron chi connectivity index (χ1n) is 6.15. The van der Waals surface area contributed by atoms with E-state index in [-0.39, 0.29) is 16.6 Å². The van der Waals surface area contributed by atoms with Gasteiger partial charge in [0.2, 0.25) is 5.91 Å². The van der Waals surface area contributed by atoms with Gasteiger partial charge in [0.25, 0.3) is 0 Å². The summed E-state index contributed by atoms with van der Waals surface area (Å²) in [5.41, 5.74) is 7.93. The van der Waals surface area contributed by atoms with Crippen molar-refractivity contribution in [3.05, 3.63) is 23.8 Å². The zero-order valence-electron chi connectivity index (χ0n) is 11.4. The number of carbonyl (C=O) groups excluding carboxylic acids is 1. The first-order valence-corrected chi connectivity index (χ1v) is 7.03. The SMILES string of the molecule is CC1Sc2ccc(C(C)(C)CN)cc2N(C)C1=O. The van der Waals surface area contributed by atoms with E-state index in [1.165, 1.54) is 10.5 Å². The number of carbonyl (C=O) groups is 1. The largest absolute Gasteiger partial charge is 0.330 e. The first kappa shape index (κ1) is 13.4. The predicted octanol–water partition coefficient (Wildman–Crippen LogP) is 2.38. The van der Waals surface area contributed by atoms with E-state index in [0.717, 1.165) is 5.69 Å². The van der Waals surface area contributed by atoms with Gasteiger partial charge in [-0.2, -0.15) is 0 Å². The third-order valence-corrected chi connectivity index (χ3v) is 4.75. The summed E-state index contributed by atoms with van der Waals surface area (Å²) in [6.07, 6.45) is 0. The first-order chi connectivity index (χ1) is 8.36. The fraction of sp³-hybridized carbons (Fsp3) is 0.500. The van der Waals surface area contributed by atoms with Gasteiger partial charge in [-0.25, -0.2) is 0 Å². The normalized spacial score (nSPS) is 19.9. The van der Waals surface area contributed by atoms with Crippen LogP contribution in [0.1, 0.15) is 26.3 Å². The molecule has 1 aliphatic heterocycles. The molecule has 98 valence electrons. The van der Waals surface area contributed by atoms with Gasteiger partial charge in [0.1, 0.15) is 0 Å². The lowest BCUT2D eigenvalue weighted by Gasteiger charge is -2.32. The third-order valence-electron chi connectivity index (χ3n) is 3.59. The van der Waals surface area contributed by atoms with Crippen LogP contribution in [0.2, 0.25) is 0 Å². The Morgan fingerprint density at radius 3 is 2.72 bits per heavy atom. The minimum atomic E-state index is -0.0628. The topological polar surface area (TPSA) is 46.3 Å². The quantitative estimate of drug-likeness (QED) is 0.892. The van der Waals surface area contributed by atoms with Crippen LogP contribution >= 0.6 is 11.8 Å². The Morgan fingerprint density at radius 2 is 2.11 bits per heavy atom. The molecule has 0 radical (unpaired) electrons. The van der Waals surface area contributed by atoms with Gasteiger partial charge in [-0.15, -0.1) is 11.8 Å². The van der Waals surface area contributed by atoms with E-state index in [1.54, 1.807) is 16.7 Å². The maximum Gasteiger partial charge on any atom is 0.239 e. The molecule has 1 aromatic carbocycles. The highest BCUT2D eigenvalue weighted by atomic mass is 32.2. The van der Waals surface area contributed by atoms with Crippen LogP contribution in [-0.4, -0.2) is 24.7 Å². The second-order valence-corrected chi connectivity index (χ2v) is 6.81. The molecule has 3 nitrogen and oxygen atoms in total. The Balaban J connectivity index is 2.47. The van der Waals surface area contributed by atoms with E-state index in [2.05, 4.69) is 32.0 Å². The number of fused-ring (bicyclic) bond motifs is 1. The molecule has 4 heteroatoms. The van der Waals surface area contributed by atoms with Crippen molar-refractivity contribution in [1.29, 1.82) is 0 Å². The number of anilines is 1. The molecule has 2 rings (SSSR count). The summed E-state index contributed by atoms with van der Waals surface area (Å²) in [6, 6.07) is 6.32. The molecular formula is C14H20N2OS. The summed E-state index contributed by atoms with van der Waals surface area (Å²) in [5, 5.41) is -0.00383. The van der Waals surface area contributed by atoms with Crippen molar-refractivity contribution in [2.45, 2.75) is 36.3 Å². The molecule has 18 heavy (non-hydrogen) atoms. The standard InChI is InChI=1S/C14H20N2OS/c1-9-13(17)16(4)11-7-10(14(2,3)8-15)5-6-12(11)18-9/h5-7,9H,8,15H2,1-4H3. The lowest BCUT2D eigenvalue weighted by atomic mass is 9.84. The van der Waals surface area contributed by atoms with Crippen molar-refractivity contribution in [3.8, 4) is 0 Å². The molecule has 1 amide bonds. The van der Waals surface area contributed by atoms with Gasteiger partial charge in [0.15, 0.2) is 0 Å². The zero-order valence-corrected chi connectivity index (χ0v) is 12.2. The van der Waals surface area contributed by atoms with Crippen LogP contribution in [0.3, 0.4) is 0 Å². The summed E-state index contributed by atoms with van der Waals surface area (Å²) in [5.74, 6) is 0.162. The fourth-order valence-electron chi connectivity index (χ4n) is 2.05. The van der Waals surface area contributed by atoms with Crippen LogP contribution in [0.25, 0.3) is 0 Å². The van der Waals surface area contributed by atoms with Crippen molar-refractivity contribution in [2.24, 2.45) is 5.73 Å². The molecule has 0 saturated carbocycles. The lowest BCUT2D eigenvalue weighted by Crippen LogP contribution is -2.37. The van der Waals surface area contributed by atoms with Gasteiger partial charge in [-0.05, 0) is 24.6 Å². The molecule has 0 aromatic heterocycles. The molecule has 0 bridgehead atoms. The van der Waals surface area contributed by atoms with E-state index in [9.17, 15) is 4.79 Å². The van der Waals surface area contributed by atoms with Crippen molar-refractivity contribution < 1.29 is 4.79 Å². The molecule has 1 aromatic rings. The number of nitrogens with zero attached hydrogens (tertiary/aromatic N) is 1. The fourth-order valence-corrected chi connectivity index (χ4v) is 3.15. The molecule has 0 saturated heterocycles. The monoisotopic (exact) mass is 264 g/mol. The van der Waals surface area contributed by atoms with Gasteiger partial charge in [-0.1, -0.05) is 19.9 Å². The summed E-state index contributed by atoms with van der Waals surface area (Å²) >= 11 is 1.63. The van der Waals surface area contributed by atoms with Crippen molar-refractivity contribution >= 4 is 23.4 Å². The minimum Gasteiger partial charge on any atom is -0.330 e. The van der Waals surface area contributed by atoms with Gasteiger partial charge in [0.05, 0.1) is 10.9 Å². The Bertz CT molecular complexity index is 485. The molecule has 1 atom stereocenters. The molecule has 1 aliphatic rings. The average Bonchev–Trinajstić information content (AvgIpc) is 2.35. The van der Waals surface area contributed by atoms with E-state index in [0.29, 0.717) is 6.54 Å². The minimum absolute atomic E-state index is 0.00383. The molecular weight excluding hydrogens is 244 g/mol. The Morgan fingerprint density at radius 1 is 1.44 bits per heavy atom. The number of thioether (sulfide) groups is 1. The summed E-state index contributed by atoms with van der Waals surface area (Å²) in [4.78, 5) is 14.9. The Hall–Kier alpha value is -1.00.